The number of benzene rings is 1. The van der Waals surface area contributed by atoms with Crippen LogP contribution in [0.25, 0.3) is 0 Å². The van der Waals surface area contributed by atoms with Crippen LogP contribution in [0.2, 0.25) is 0 Å². The molecule has 1 aromatic rings. The summed E-state index contributed by atoms with van der Waals surface area (Å²) in [5, 5.41) is 5.32. The number of anilines is 1. The molecule has 2 atom stereocenters. The predicted molar refractivity (Wildman–Crippen MR) is 108 cm³/mol. The molecule has 1 fully saturated rings. The molecule has 2 rings (SSSR count). The number of para-hydroxylation sites is 1. The summed E-state index contributed by atoms with van der Waals surface area (Å²) >= 11 is 0. The number of piperidine rings is 1. The number of carbonyl (C=O) groups is 3. The molecular weight excluding hydrogens is 358 g/mol. The van der Waals surface area contributed by atoms with E-state index in [1.807, 2.05) is 24.8 Å². The van der Waals surface area contributed by atoms with Crippen molar-refractivity contribution in [3.63, 3.8) is 0 Å². The molecule has 0 unspecified atom stereocenters. The summed E-state index contributed by atoms with van der Waals surface area (Å²) in [5.41, 5.74) is 0.627. The van der Waals surface area contributed by atoms with E-state index in [4.69, 9.17) is 4.74 Å². The molecule has 7 heteroatoms. The second-order valence-corrected chi connectivity index (χ2v) is 7.44. The molecule has 0 aromatic heterocycles. The molecule has 2 N–H and O–H groups in total. The summed E-state index contributed by atoms with van der Waals surface area (Å²) in [5.74, 6) is -0.949. The first-order valence-corrected chi connectivity index (χ1v) is 10.0. The molecule has 1 aliphatic rings. The van der Waals surface area contributed by atoms with Crippen LogP contribution in [-0.2, 0) is 14.3 Å². The van der Waals surface area contributed by atoms with E-state index >= 15 is 0 Å². The summed E-state index contributed by atoms with van der Waals surface area (Å²) in [4.78, 5) is 39.0. The first-order valence-electron chi connectivity index (χ1n) is 10.0. The Hall–Kier alpha value is -2.57. The zero-order valence-corrected chi connectivity index (χ0v) is 16.9. The predicted octanol–water partition coefficient (Wildman–Crippen LogP) is 3.17. The lowest BCUT2D eigenvalue weighted by atomic mass is 10.00. The molecule has 0 bridgehead atoms. The third-order valence-electron chi connectivity index (χ3n) is 5.00. The number of hydrogen-bond acceptors (Lipinski definition) is 4. The van der Waals surface area contributed by atoms with Gasteiger partial charge in [0.15, 0.2) is 6.61 Å². The Morgan fingerprint density at radius 1 is 1.18 bits per heavy atom. The lowest BCUT2D eigenvalue weighted by molar-refractivity contribution is -0.155. The highest BCUT2D eigenvalue weighted by Gasteiger charge is 2.29. The van der Waals surface area contributed by atoms with Gasteiger partial charge in [0.1, 0.15) is 6.04 Å². The van der Waals surface area contributed by atoms with Gasteiger partial charge in [0.2, 0.25) is 0 Å². The summed E-state index contributed by atoms with van der Waals surface area (Å²) in [6.45, 7) is 6.11. The smallest absolute Gasteiger partial charge is 0.329 e. The van der Waals surface area contributed by atoms with Crippen molar-refractivity contribution in [3.8, 4) is 0 Å². The van der Waals surface area contributed by atoms with Gasteiger partial charge in [-0.3, -0.25) is 4.79 Å². The molecular formula is C21H31N3O4. The first kappa shape index (κ1) is 21.7. The normalized spacial score (nSPS) is 17.7. The van der Waals surface area contributed by atoms with Crippen LogP contribution in [0.3, 0.4) is 0 Å². The maximum atomic E-state index is 12.5. The van der Waals surface area contributed by atoms with Gasteiger partial charge in [-0.2, -0.15) is 0 Å². The van der Waals surface area contributed by atoms with Crippen LogP contribution < -0.4 is 10.6 Å². The highest BCUT2D eigenvalue weighted by atomic mass is 16.5. The zero-order chi connectivity index (χ0) is 20.5. The number of likely N-dealkylation sites (tertiary alicyclic amines) is 1. The van der Waals surface area contributed by atoms with Crippen LogP contribution in [0.5, 0.6) is 0 Å². The molecule has 1 aliphatic heterocycles. The van der Waals surface area contributed by atoms with Crippen LogP contribution in [0, 0.1) is 5.92 Å². The van der Waals surface area contributed by atoms with Gasteiger partial charge in [0, 0.05) is 18.3 Å². The van der Waals surface area contributed by atoms with Gasteiger partial charge in [-0.25, -0.2) is 9.59 Å². The van der Waals surface area contributed by atoms with Gasteiger partial charge in [0.25, 0.3) is 5.91 Å². The molecule has 1 saturated heterocycles. The monoisotopic (exact) mass is 389 g/mol. The number of urea groups is 1. The van der Waals surface area contributed by atoms with Gasteiger partial charge >= 0.3 is 12.0 Å². The van der Waals surface area contributed by atoms with E-state index in [-0.39, 0.29) is 24.5 Å². The molecule has 0 spiro atoms. The maximum absolute atomic E-state index is 12.5. The van der Waals surface area contributed by atoms with Crippen molar-refractivity contribution >= 4 is 23.6 Å². The molecule has 1 aromatic carbocycles. The van der Waals surface area contributed by atoms with E-state index in [0.717, 1.165) is 25.7 Å². The number of nitrogens with one attached hydrogen (secondary N) is 2. The summed E-state index contributed by atoms with van der Waals surface area (Å²) in [7, 11) is 0. The van der Waals surface area contributed by atoms with Crippen molar-refractivity contribution in [1.29, 1.82) is 0 Å². The van der Waals surface area contributed by atoms with Crippen LogP contribution in [-0.4, -0.2) is 48.0 Å². The Bertz CT molecular complexity index is 663. The van der Waals surface area contributed by atoms with E-state index < -0.39 is 18.0 Å². The van der Waals surface area contributed by atoms with E-state index in [2.05, 4.69) is 17.6 Å². The highest BCUT2D eigenvalue weighted by molar-refractivity contribution is 5.93. The molecule has 0 aliphatic carbocycles. The van der Waals surface area contributed by atoms with Gasteiger partial charge in [-0.1, -0.05) is 39.0 Å². The number of hydrogen-bond donors (Lipinski definition) is 2. The highest BCUT2D eigenvalue weighted by Crippen LogP contribution is 2.19. The Balaban J connectivity index is 1.88. The number of amides is 3. The number of esters is 1. The van der Waals surface area contributed by atoms with E-state index in [1.54, 1.807) is 24.3 Å². The van der Waals surface area contributed by atoms with Gasteiger partial charge in [-0.15, -0.1) is 0 Å². The second-order valence-electron chi connectivity index (χ2n) is 7.44. The zero-order valence-electron chi connectivity index (χ0n) is 16.9. The van der Waals surface area contributed by atoms with E-state index in [1.165, 1.54) is 0 Å². The summed E-state index contributed by atoms with van der Waals surface area (Å²) in [6, 6.07) is 7.86. The quantitative estimate of drug-likeness (QED) is 0.701. The minimum absolute atomic E-state index is 0.170. The van der Waals surface area contributed by atoms with Crippen molar-refractivity contribution in [1.82, 2.24) is 10.2 Å². The Labute approximate surface area is 166 Å². The van der Waals surface area contributed by atoms with Crippen LogP contribution in [0.1, 0.15) is 46.5 Å². The number of rotatable bonds is 7. The average molecular weight is 389 g/mol. The van der Waals surface area contributed by atoms with Crippen molar-refractivity contribution < 1.29 is 19.1 Å². The van der Waals surface area contributed by atoms with Crippen LogP contribution in [0.4, 0.5) is 10.5 Å². The average Bonchev–Trinajstić information content (AvgIpc) is 2.70. The first-order chi connectivity index (χ1) is 13.4. The molecule has 0 radical (unpaired) electrons. The largest absolute Gasteiger partial charge is 0.454 e. The lowest BCUT2D eigenvalue weighted by Gasteiger charge is -2.35. The SMILES string of the molecule is CC[C@@H]1CCCCN1C(=O)COC(=O)[C@H](NC(=O)Nc1ccccc1)C(C)C. The third kappa shape index (κ3) is 6.25. The fourth-order valence-electron chi connectivity index (χ4n) is 3.39. The molecule has 7 nitrogen and oxygen atoms in total. The summed E-state index contributed by atoms with van der Waals surface area (Å²) in [6.07, 6.45) is 3.99. The van der Waals surface area contributed by atoms with E-state index in [0.29, 0.717) is 12.2 Å². The molecule has 154 valence electrons. The second kappa shape index (κ2) is 10.7. The summed E-state index contributed by atoms with van der Waals surface area (Å²) < 4.78 is 5.25. The van der Waals surface area contributed by atoms with E-state index in [9.17, 15) is 14.4 Å². The number of carbonyl (C=O) groups excluding carboxylic acids is 3. The fourth-order valence-corrected chi connectivity index (χ4v) is 3.39. The standard InChI is InChI=1S/C21H31N3O4/c1-4-17-12-8-9-13-24(17)18(25)14-28-20(26)19(15(2)3)23-21(27)22-16-10-6-5-7-11-16/h5-7,10-11,15,17,19H,4,8-9,12-14H2,1-3H3,(H2,22,23,27)/t17-,19-/m1/s1. The van der Waals surface area contributed by atoms with Gasteiger partial charge < -0.3 is 20.3 Å². The minimum Gasteiger partial charge on any atom is -0.454 e. The van der Waals surface area contributed by atoms with Crippen molar-refractivity contribution in [3.05, 3.63) is 30.3 Å². The molecule has 28 heavy (non-hydrogen) atoms. The van der Waals surface area contributed by atoms with Crippen molar-refractivity contribution in [2.24, 2.45) is 5.92 Å². The Kier molecular flexibility index (Phi) is 8.29. The van der Waals surface area contributed by atoms with Gasteiger partial charge in [-0.05, 0) is 43.7 Å². The molecule has 3 amide bonds. The topological polar surface area (TPSA) is 87.7 Å². The number of ether oxygens (including phenoxy) is 1. The fraction of sp³-hybridized carbons (Fsp3) is 0.571. The maximum Gasteiger partial charge on any atom is 0.329 e. The molecule has 0 saturated carbocycles. The number of nitrogens with zero attached hydrogens (tertiary/aromatic N) is 1. The van der Waals surface area contributed by atoms with Crippen molar-refractivity contribution in [2.75, 3.05) is 18.5 Å². The molecule has 1 heterocycles. The van der Waals surface area contributed by atoms with Crippen LogP contribution >= 0.6 is 0 Å². The van der Waals surface area contributed by atoms with Crippen LogP contribution in [0.15, 0.2) is 30.3 Å². The minimum atomic E-state index is -0.833. The lowest BCUT2D eigenvalue weighted by Crippen LogP contribution is -2.49. The Morgan fingerprint density at radius 3 is 2.54 bits per heavy atom. The van der Waals surface area contributed by atoms with Crippen molar-refractivity contribution in [2.45, 2.75) is 58.5 Å². The van der Waals surface area contributed by atoms with Gasteiger partial charge in [0.05, 0.1) is 0 Å². The Morgan fingerprint density at radius 2 is 1.89 bits per heavy atom. The third-order valence-corrected chi connectivity index (χ3v) is 5.00.